The van der Waals surface area contributed by atoms with Crippen molar-refractivity contribution in [3.05, 3.63) is 152 Å². The molecule has 10 nitrogen and oxygen atoms in total. The molecule has 10 heteroatoms. The Morgan fingerprint density at radius 1 is 0.767 bits per heavy atom. The van der Waals surface area contributed by atoms with Crippen LogP contribution in [0.1, 0.15) is 45.3 Å². The van der Waals surface area contributed by atoms with Gasteiger partial charge in [0.15, 0.2) is 11.2 Å². The fraction of sp³-hybridized carbons (Fsp3) is 0.182. The van der Waals surface area contributed by atoms with Gasteiger partial charge in [-0.2, -0.15) is 10.5 Å². The van der Waals surface area contributed by atoms with Crippen molar-refractivity contribution in [2.75, 3.05) is 0 Å². The largest absolute Gasteiger partial charge is 0.384 e. The van der Waals surface area contributed by atoms with Gasteiger partial charge in [-0.1, -0.05) is 84.9 Å². The van der Waals surface area contributed by atoms with Crippen molar-refractivity contribution in [1.82, 2.24) is 0 Å². The maximum atomic E-state index is 14.5. The summed E-state index contributed by atoms with van der Waals surface area (Å²) >= 11 is 0. The zero-order valence-corrected chi connectivity index (χ0v) is 22.6. The Hall–Kier alpha value is -5.71. The molecule has 0 aliphatic heterocycles. The number of nitro groups is 2. The van der Waals surface area contributed by atoms with Gasteiger partial charge in [0.2, 0.25) is 0 Å². The normalized spacial score (nSPS) is 22.4. The summed E-state index contributed by atoms with van der Waals surface area (Å²) < 4.78 is 0. The molecule has 0 aromatic heterocycles. The van der Waals surface area contributed by atoms with E-state index in [1.807, 2.05) is 0 Å². The van der Waals surface area contributed by atoms with Crippen molar-refractivity contribution in [1.29, 1.82) is 10.5 Å². The number of ketones is 1. The summed E-state index contributed by atoms with van der Waals surface area (Å²) in [6, 6.07) is 31.6. The highest BCUT2D eigenvalue weighted by Crippen LogP contribution is 2.63. The summed E-state index contributed by atoms with van der Waals surface area (Å²) in [4.78, 5) is 36.8. The molecule has 0 radical (unpaired) electrons. The minimum atomic E-state index is -2.08. The summed E-state index contributed by atoms with van der Waals surface area (Å²) in [7, 11) is 0. The summed E-state index contributed by atoms with van der Waals surface area (Å²) in [6.07, 6.45) is -0.312. The molecule has 0 heterocycles. The third-order valence-electron chi connectivity index (χ3n) is 8.31. The smallest absolute Gasteiger partial charge is 0.269 e. The molecular formula is C33H24N4O6. The van der Waals surface area contributed by atoms with Gasteiger partial charge in [0.25, 0.3) is 11.4 Å². The first-order chi connectivity index (χ1) is 20.7. The Morgan fingerprint density at radius 2 is 1.28 bits per heavy atom. The Kier molecular flexibility index (Phi) is 7.56. The second-order valence-electron chi connectivity index (χ2n) is 10.5. The number of rotatable bonds is 7. The number of hydrogen-bond donors (Lipinski definition) is 1. The van der Waals surface area contributed by atoms with E-state index < -0.39 is 44.4 Å². The number of non-ortho nitro benzene ring substituents is 2. The van der Waals surface area contributed by atoms with Crippen molar-refractivity contribution in [3.63, 3.8) is 0 Å². The molecule has 1 aliphatic carbocycles. The highest BCUT2D eigenvalue weighted by molar-refractivity contribution is 5.99. The summed E-state index contributed by atoms with van der Waals surface area (Å²) in [5, 5.41) is 57.9. The molecule has 0 bridgehead atoms. The van der Waals surface area contributed by atoms with Crippen LogP contribution in [0.25, 0.3) is 0 Å². The summed E-state index contributed by atoms with van der Waals surface area (Å²) in [5.74, 6) is -4.54. The lowest BCUT2D eigenvalue weighted by Gasteiger charge is -2.53. The molecule has 0 saturated heterocycles. The lowest BCUT2D eigenvalue weighted by Crippen LogP contribution is -2.55. The third kappa shape index (κ3) is 4.90. The van der Waals surface area contributed by atoms with Gasteiger partial charge >= 0.3 is 0 Å². The van der Waals surface area contributed by atoms with Gasteiger partial charge < -0.3 is 5.11 Å². The van der Waals surface area contributed by atoms with E-state index in [1.165, 1.54) is 48.5 Å². The predicted molar refractivity (Wildman–Crippen MR) is 155 cm³/mol. The van der Waals surface area contributed by atoms with Crippen LogP contribution in [0.15, 0.2) is 109 Å². The zero-order valence-electron chi connectivity index (χ0n) is 22.6. The monoisotopic (exact) mass is 572 g/mol. The molecule has 1 aliphatic rings. The highest BCUT2D eigenvalue weighted by Gasteiger charge is 2.64. The van der Waals surface area contributed by atoms with Gasteiger partial charge in [-0.3, -0.25) is 25.0 Å². The summed E-state index contributed by atoms with van der Waals surface area (Å²) in [6.45, 7) is 0. The van der Waals surface area contributed by atoms with Gasteiger partial charge in [-0.25, -0.2) is 0 Å². The van der Waals surface area contributed by atoms with Crippen molar-refractivity contribution >= 4 is 17.2 Å². The second-order valence-corrected chi connectivity index (χ2v) is 10.5. The Balaban J connectivity index is 1.88. The molecule has 1 saturated carbocycles. The van der Waals surface area contributed by atoms with Crippen molar-refractivity contribution in [2.24, 2.45) is 11.3 Å². The predicted octanol–water partition coefficient (Wildman–Crippen LogP) is 6.19. The average Bonchev–Trinajstić information content (AvgIpc) is 3.05. The van der Waals surface area contributed by atoms with Gasteiger partial charge in [-0.15, -0.1) is 0 Å². The lowest BCUT2D eigenvalue weighted by molar-refractivity contribution is -0.385. The minimum absolute atomic E-state index is 0.135. The number of hydrogen-bond acceptors (Lipinski definition) is 8. The average molecular weight is 573 g/mol. The number of nitrogens with zero attached hydrogens (tertiary/aromatic N) is 4. The lowest BCUT2D eigenvalue weighted by atomic mass is 9.48. The van der Waals surface area contributed by atoms with Gasteiger partial charge in [0.05, 0.1) is 27.9 Å². The molecule has 4 atom stereocenters. The van der Waals surface area contributed by atoms with Crippen molar-refractivity contribution < 1.29 is 19.7 Å². The maximum Gasteiger partial charge on any atom is 0.269 e. The van der Waals surface area contributed by atoms with Gasteiger partial charge in [0.1, 0.15) is 5.60 Å². The number of benzene rings is 4. The number of aliphatic hydroxyl groups is 1. The van der Waals surface area contributed by atoms with E-state index in [0.29, 0.717) is 5.56 Å². The first-order valence-corrected chi connectivity index (χ1v) is 13.3. The Labute approximate surface area is 246 Å². The quantitative estimate of drug-likeness (QED) is 0.155. The molecular weight excluding hydrogens is 548 g/mol. The van der Waals surface area contributed by atoms with E-state index in [-0.39, 0.29) is 34.5 Å². The highest BCUT2D eigenvalue weighted by atomic mass is 16.6. The standard InChI is InChI=1S/C33H24N4O6/c34-20-32(21-35)28(23-11-7-15-26(17-23)36(40)41)19-33(39,25-13-5-2-6-14-25)30(31(38)22-9-3-1-4-10-22)29(32)24-12-8-16-27(18-24)37(42)43/h1-18,28-30,39H,19H2/t28-,29+,30-,33-/m0/s1. The van der Waals surface area contributed by atoms with E-state index in [4.69, 9.17) is 0 Å². The van der Waals surface area contributed by atoms with Crippen LogP contribution in [0.5, 0.6) is 0 Å². The Morgan fingerprint density at radius 3 is 1.81 bits per heavy atom. The minimum Gasteiger partial charge on any atom is -0.384 e. The molecule has 1 N–H and O–H groups in total. The molecule has 212 valence electrons. The molecule has 0 unspecified atom stereocenters. The fourth-order valence-corrected chi connectivity index (χ4v) is 6.37. The fourth-order valence-electron chi connectivity index (χ4n) is 6.37. The van der Waals surface area contributed by atoms with E-state index in [2.05, 4.69) is 12.1 Å². The zero-order chi connectivity index (χ0) is 30.8. The van der Waals surface area contributed by atoms with Crippen molar-refractivity contribution in [2.45, 2.75) is 23.9 Å². The molecule has 4 aromatic carbocycles. The van der Waals surface area contributed by atoms with Gasteiger partial charge in [0, 0.05) is 41.7 Å². The second kappa shape index (κ2) is 11.3. The van der Waals surface area contributed by atoms with Crippen LogP contribution in [-0.4, -0.2) is 20.7 Å². The van der Waals surface area contributed by atoms with Crippen LogP contribution in [0.4, 0.5) is 11.4 Å². The van der Waals surface area contributed by atoms with Gasteiger partial charge in [-0.05, 0) is 23.1 Å². The molecule has 1 fully saturated rings. The molecule has 5 rings (SSSR count). The molecule has 43 heavy (non-hydrogen) atoms. The van der Waals surface area contributed by atoms with Crippen LogP contribution >= 0.6 is 0 Å². The number of nitro benzene ring substituents is 2. The number of Topliss-reactive ketones (excluding diaryl/α,β-unsaturated/α-hetero) is 1. The first-order valence-electron chi connectivity index (χ1n) is 13.3. The number of carbonyl (C=O) groups is 1. The van der Waals surface area contributed by atoms with E-state index in [0.717, 1.165) is 0 Å². The third-order valence-corrected chi connectivity index (χ3v) is 8.31. The summed E-state index contributed by atoms with van der Waals surface area (Å²) in [5.41, 5.74) is -3.76. The SMILES string of the molecule is N#CC1(C#N)[C@H](c2cccc([N+](=O)[O-])c2)[C@@H](C(=O)c2ccccc2)[C@@](O)(c2ccccc2)C[C@H]1c1cccc([N+](=O)[O-])c1. The van der Waals surface area contributed by atoms with Crippen LogP contribution in [0.2, 0.25) is 0 Å². The molecule has 4 aromatic rings. The van der Waals surface area contributed by atoms with Crippen LogP contribution in [0, 0.1) is 54.2 Å². The van der Waals surface area contributed by atoms with E-state index >= 15 is 0 Å². The molecule has 0 amide bonds. The van der Waals surface area contributed by atoms with E-state index in [1.54, 1.807) is 60.7 Å². The van der Waals surface area contributed by atoms with Crippen molar-refractivity contribution in [3.8, 4) is 12.1 Å². The van der Waals surface area contributed by atoms with Crippen LogP contribution in [0.3, 0.4) is 0 Å². The van der Waals surface area contributed by atoms with Crippen LogP contribution < -0.4 is 0 Å². The first kappa shape index (κ1) is 28.8. The van der Waals surface area contributed by atoms with Crippen LogP contribution in [-0.2, 0) is 5.60 Å². The number of nitriles is 2. The molecule has 0 spiro atoms. The topological polar surface area (TPSA) is 171 Å². The number of carbonyl (C=O) groups excluding carboxylic acids is 1. The Bertz CT molecular complexity index is 1780. The maximum absolute atomic E-state index is 14.5. The van der Waals surface area contributed by atoms with E-state index in [9.17, 15) is 40.7 Å².